The lowest BCUT2D eigenvalue weighted by Crippen LogP contribution is -2.37. The lowest BCUT2D eigenvalue weighted by molar-refractivity contribution is -0.123. The minimum Gasteiger partial charge on any atom is -0.460 e. The van der Waals surface area contributed by atoms with Crippen LogP contribution in [0.25, 0.3) is 11.3 Å². The summed E-state index contributed by atoms with van der Waals surface area (Å²) in [7, 11) is 0. The zero-order chi connectivity index (χ0) is 22.0. The van der Waals surface area contributed by atoms with Gasteiger partial charge in [-0.3, -0.25) is 14.7 Å². The van der Waals surface area contributed by atoms with Crippen molar-refractivity contribution >= 4 is 17.5 Å². The van der Waals surface area contributed by atoms with Gasteiger partial charge >= 0.3 is 0 Å². The fraction of sp³-hybridized carbons (Fsp3) is 0.385. The third-order valence-corrected chi connectivity index (χ3v) is 7.27. The van der Waals surface area contributed by atoms with Crippen LogP contribution in [0, 0.1) is 11.3 Å². The van der Waals surface area contributed by atoms with E-state index >= 15 is 0 Å². The molecule has 3 heterocycles. The highest BCUT2D eigenvalue weighted by atomic mass is 35.5. The van der Waals surface area contributed by atoms with E-state index in [2.05, 4.69) is 15.2 Å². The van der Waals surface area contributed by atoms with E-state index in [0.29, 0.717) is 11.6 Å². The van der Waals surface area contributed by atoms with Crippen LogP contribution in [0.4, 0.5) is 0 Å². The maximum atomic E-state index is 12.6. The molecule has 3 aromatic rings. The molecule has 5 rings (SSSR count). The summed E-state index contributed by atoms with van der Waals surface area (Å²) in [5, 5.41) is 3.82. The summed E-state index contributed by atoms with van der Waals surface area (Å²) in [4.78, 5) is 19.4. The Morgan fingerprint density at radius 2 is 1.94 bits per heavy atom. The van der Waals surface area contributed by atoms with Gasteiger partial charge in [-0.05, 0) is 74.2 Å². The highest BCUT2D eigenvalue weighted by Crippen LogP contribution is 2.59. The second-order valence-corrected chi connectivity index (χ2v) is 9.41. The van der Waals surface area contributed by atoms with Crippen molar-refractivity contribution in [2.75, 3.05) is 19.6 Å². The Hall–Kier alpha value is -2.63. The van der Waals surface area contributed by atoms with Crippen molar-refractivity contribution in [3.63, 3.8) is 0 Å². The standard InChI is InChI=1S/C26H28ClN3O2/c27-23-7-2-1-6-21(23)24-9-8-20(32-24)18-30-15-11-26(12-16-30)17-22(26)25(31)29-14-10-19-5-3-4-13-28-19/h1-9,13,22H,10-12,14-18H2,(H,29,31)/t22-/m0/s1. The molecule has 32 heavy (non-hydrogen) atoms. The van der Waals surface area contributed by atoms with Gasteiger partial charge in [0.25, 0.3) is 0 Å². The number of piperidine rings is 1. The fourth-order valence-corrected chi connectivity index (χ4v) is 5.13. The molecule has 1 spiro atoms. The van der Waals surface area contributed by atoms with E-state index in [9.17, 15) is 4.79 Å². The first kappa shape index (κ1) is 21.2. The minimum atomic E-state index is 0.170. The van der Waals surface area contributed by atoms with E-state index < -0.39 is 0 Å². The van der Waals surface area contributed by atoms with Gasteiger partial charge in [-0.15, -0.1) is 0 Å². The van der Waals surface area contributed by atoms with Gasteiger partial charge in [0, 0.05) is 36.3 Å². The molecule has 6 heteroatoms. The number of hydrogen-bond acceptors (Lipinski definition) is 4. The molecule has 1 saturated carbocycles. The van der Waals surface area contributed by atoms with Crippen molar-refractivity contribution in [3.8, 4) is 11.3 Å². The average Bonchev–Trinajstić information content (AvgIpc) is 3.32. The highest BCUT2D eigenvalue weighted by molar-refractivity contribution is 6.33. The largest absolute Gasteiger partial charge is 0.460 e. The summed E-state index contributed by atoms with van der Waals surface area (Å²) in [5.41, 5.74) is 2.15. The molecule has 1 aliphatic carbocycles. The molecule has 0 radical (unpaired) electrons. The van der Waals surface area contributed by atoms with Crippen molar-refractivity contribution in [1.82, 2.24) is 15.2 Å². The van der Waals surface area contributed by atoms with Crippen LogP contribution < -0.4 is 5.32 Å². The number of nitrogens with zero attached hydrogens (tertiary/aromatic N) is 2. The third kappa shape index (κ3) is 4.59. The molecule has 2 fully saturated rings. The van der Waals surface area contributed by atoms with E-state index in [4.69, 9.17) is 16.0 Å². The number of benzene rings is 1. The van der Waals surface area contributed by atoms with Gasteiger partial charge < -0.3 is 9.73 Å². The molecule has 0 bridgehead atoms. The molecule has 2 aliphatic rings. The van der Waals surface area contributed by atoms with Gasteiger partial charge in [0.2, 0.25) is 5.91 Å². The third-order valence-electron chi connectivity index (χ3n) is 6.94. The molecule has 1 N–H and O–H groups in total. The number of pyridine rings is 1. The zero-order valence-electron chi connectivity index (χ0n) is 18.1. The first-order valence-corrected chi connectivity index (χ1v) is 11.7. The molecule has 5 nitrogen and oxygen atoms in total. The number of nitrogens with one attached hydrogen (secondary N) is 1. The Morgan fingerprint density at radius 3 is 2.72 bits per heavy atom. The lowest BCUT2D eigenvalue weighted by atomic mass is 9.90. The van der Waals surface area contributed by atoms with Crippen LogP contribution >= 0.6 is 11.6 Å². The summed E-state index contributed by atoms with van der Waals surface area (Å²) in [6.45, 7) is 3.45. The van der Waals surface area contributed by atoms with E-state index in [1.165, 1.54) is 0 Å². The molecule has 1 aromatic carbocycles. The van der Waals surface area contributed by atoms with Crippen molar-refractivity contribution < 1.29 is 9.21 Å². The Bertz CT molecular complexity index is 1070. The molecule has 1 aliphatic heterocycles. The number of carbonyl (C=O) groups is 1. The van der Waals surface area contributed by atoms with Gasteiger partial charge in [0.05, 0.1) is 11.6 Å². The van der Waals surface area contributed by atoms with Crippen LogP contribution in [-0.2, 0) is 17.8 Å². The summed E-state index contributed by atoms with van der Waals surface area (Å²) in [6.07, 6.45) is 5.74. The Morgan fingerprint density at radius 1 is 1.12 bits per heavy atom. The van der Waals surface area contributed by atoms with Crippen molar-refractivity contribution in [3.05, 3.63) is 77.3 Å². The van der Waals surface area contributed by atoms with Crippen LogP contribution in [0.5, 0.6) is 0 Å². The topological polar surface area (TPSA) is 58.4 Å². The zero-order valence-corrected chi connectivity index (χ0v) is 18.9. The predicted molar refractivity (Wildman–Crippen MR) is 125 cm³/mol. The monoisotopic (exact) mass is 449 g/mol. The number of hydrogen-bond donors (Lipinski definition) is 1. The normalized spacial score (nSPS) is 19.7. The molecule has 1 atom stereocenters. The van der Waals surface area contributed by atoms with E-state index in [1.807, 2.05) is 54.6 Å². The Kier molecular flexibility index (Phi) is 6.03. The predicted octanol–water partition coefficient (Wildman–Crippen LogP) is 4.96. The van der Waals surface area contributed by atoms with Gasteiger partial charge in [0.1, 0.15) is 11.5 Å². The van der Waals surface area contributed by atoms with Crippen LogP contribution in [0.1, 0.15) is 30.7 Å². The second-order valence-electron chi connectivity index (χ2n) is 9.00. The average molecular weight is 450 g/mol. The molecule has 1 saturated heterocycles. The highest BCUT2D eigenvalue weighted by Gasteiger charge is 2.58. The SMILES string of the molecule is O=C(NCCc1ccccn1)[C@@H]1CC12CCN(Cc1ccc(-c3ccccc3Cl)o1)CC2. The van der Waals surface area contributed by atoms with E-state index in [-0.39, 0.29) is 17.2 Å². The first-order chi connectivity index (χ1) is 15.6. The molecule has 166 valence electrons. The van der Waals surface area contributed by atoms with Crippen LogP contribution in [0.3, 0.4) is 0 Å². The minimum absolute atomic E-state index is 0.170. The van der Waals surface area contributed by atoms with Crippen LogP contribution in [0.2, 0.25) is 5.02 Å². The van der Waals surface area contributed by atoms with Crippen molar-refractivity contribution in [2.24, 2.45) is 11.3 Å². The maximum Gasteiger partial charge on any atom is 0.223 e. The number of rotatable bonds is 7. The second kappa shape index (κ2) is 9.08. The lowest BCUT2D eigenvalue weighted by Gasteiger charge is -2.32. The summed E-state index contributed by atoms with van der Waals surface area (Å²) in [5.74, 6) is 2.15. The van der Waals surface area contributed by atoms with Gasteiger partial charge in [-0.2, -0.15) is 0 Å². The smallest absolute Gasteiger partial charge is 0.223 e. The number of likely N-dealkylation sites (tertiary alicyclic amines) is 1. The summed E-state index contributed by atoms with van der Waals surface area (Å²) in [6, 6.07) is 17.7. The Labute approximate surface area is 193 Å². The number of furan rings is 1. The number of aromatic nitrogens is 1. The van der Waals surface area contributed by atoms with Crippen molar-refractivity contribution in [1.29, 1.82) is 0 Å². The molecule has 2 aromatic heterocycles. The fourth-order valence-electron chi connectivity index (χ4n) is 4.90. The van der Waals surface area contributed by atoms with E-state index in [1.54, 1.807) is 6.20 Å². The van der Waals surface area contributed by atoms with Crippen molar-refractivity contribution in [2.45, 2.75) is 32.2 Å². The molecular formula is C26H28ClN3O2. The van der Waals surface area contributed by atoms with Gasteiger partial charge in [-0.1, -0.05) is 29.8 Å². The quantitative estimate of drug-likeness (QED) is 0.554. The van der Waals surface area contributed by atoms with Gasteiger partial charge in [-0.25, -0.2) is 0 Å². The summed E-state index contributed by atoms with van der Waals surface area (Å²) < 4.78 is 6.07. The molecular weight excluding hydrogens is 422 g/mol. The van der Waals surface area contributed by atoms with Crippen LogP contribution in [0.15, 0.2) is 65.2 Å². The summed E-state index contributed by atoms with van der Waals surface area (Å²) >= 11 is 6.29. The number of halogens is 1. The first-order valence-electron chi connectivity index (χ1n) is 11.4. The number of amides is 1. The molecule has 1 amide bonds. The maximum absolute atomic E-state index is 12.6. The van der Waals surface area contributed by atoms with E-state index in [0.717, 1.165) is 68.1 Å². The number of carbonyl (C=O) groups excluding carboxylic acids is 1. The van der Waals surface area contributed by atoms with Gasteiger partial charge in [0.15, 0.2) is 0 Å². The molecule has 0 unspecified atom stereocenters. The Balaban J connectivity index is 1.08. The van der Waals surface area contributed by atoms with Crippen LogP contribution in [-0.4, -0.2) is 35.4 Å².